The summed E-state index contributed by atoms with van der Waals surface area (Å²) in [5, 5.41) is 12.1. The second-order valence-electron chi connectivity index (χ2n) is 3.51. The van der Waals surface area contributed by atoms with E-state index in [0.29, 0.717) is 5.17 Å². The van der Waals surface area contributed by atoms with E-state index in [0.717, 1.165) is 22.4 Å². The molecular weight excluding hydrogens is 446 g/mol. The van der Waals surface area contributed by atoms with E-state index in [1.165, 1.54) is 11.8 Å². The number of fused-ring (bicyclic) bond motifs is 1. The standard InChI is InChI=1S/C11H11N4S.Ra.H/c1-16-11(13)14-8-3-4-9-7(6-8)2-5-10(12)15-9;;/h2-6H,1H3,(H3-,12,13,14,15);;/q-1;+1;. The predicted molar refractivity (Wildman–Crippen MR) is 71.6 cm³/mol. The average Bonchev–Trinajstić information content (AvgIpc) is 2.38. The molecule has 0 atom stereocenters. The van der Waals surface area contributed by atoms with Gasteiger partial charge in [-0.05, 0) is 0 Å². The van der Waals surface area contributed by atoms with Gasteiger partial charge in [-0.3, -0.25) is 0 Å². The molecule has 6 heteroatoms. The molecule has 0 radical (unpaired) electrons. The fourth-order valence-electron chi connectivity index (χ4n) is 1.52. The van der Waals surface area contributed by atoms with Crippen LogP contribution in [0, 0.1) is 48.6 Å². The van der Waals surface area contributed by atoms with Crippen LogP contribution in [0.5, 0.6) is 0 Å². The summed E-state index contributed by atoms with van der Waals surface area (Å²) in [6, 6.07) is 9.98. The first-order valence-electron chi connectivity index (χ1n) is 5.21. The Balaban J connectivity index is 2.34. The number of pyridine rings is 1. The molecular formula is C11H12N4RaS. The number of amidine groups is 1. The zero-order valence-electron chi connectivity index (χ0n) is 9.74. The normalized spacial score (nSPS) is 10.1. The third kappa shape index (κ3) is 3.35. The summed E-state index contributed by atoms with van der Waals surface area (Å²) in [7, 11) is 0. The van der Waals surface area contributed by atoms with Crippen molar-refractivity contribution in [1.29, 1.82) is 5.41 Å². The third-order valence-corrected chi connectivity index (χ3v) is 5.02. The molecule has 3 N–H and O–H groups in total. The molecule has 4 nitrogen and oxygen atoms in total. The number of benzene rings is 1. The van der Waals surface area contributed by atoms with Crippen molar-refractivity contribution >= 4 is 39.3 Å². The van der Waals surface area contributed by atoms with Gasteiger partial charge in [0.25, 0.3) is 0 Å². The molecule has 0 aliphatic rings. The first kappa shape index (κ1) is 13.2. The van der Waals surface area contributed by atoms with Crippen LogP contribution in [0.4, 0.5) is 11.5 Å². The molecule has 84 valence electrons. The van der Waals surface area contributed by atoms with Gasteiger partial charge in [-0.15, -0.1) is 0 Å². The number of thioether (sulfide) groups is 1. The van der Waals surface area contributed by atoms with Gasteiger partial charge in [0.2, 0.25) is 0 Å². The number of hydrogen-bond acceptors (Lipinski definition) is 4. The Morgan fingerprint density at radius 1 is 1.35 bits per heavy atom. The van der Waals surface area contributed by atoms with Crippen molar-refractivity contribution in [2.45, 2.75) is 0 Å². The SMILES string of the molecule is CSC(=N)Nc1ccc2nc([NH][RaH])ccc2c1. The fraction of sp³-hybridized carbons (Fsp3) is 0.0909. The molecule has 0 saturated carbocycles. The molecule has 0 aliphatic heterocycles. The van der Waals surface area contributed by atoms with Crippen molar-refractivity contribution in [3.05, 3.63) is 30.3 Å². The van der Waals surface area contributed by atoms with E-state index in [4.69, 9.17) is 5.41 Å². The zero-order valence-corrected chi connectivity index (χ0v) is 18.8. The Kier molecular flexibility index (Phi) is 4.68. The van der Waals surface area contributed by atoms with Crippen molar-refractivity contribution in [1.82, 2.24) is 4.98 Å². The molecule has 2 aromatic rings. The predicted octanol–water partition coefficient (Wildman–Crippen LogP) is 2.55. The maximum absolute atomic E-state index is 7.58. The van der Waals surface area contributed by atoms with Crippen molar-refractivity contribution in [3.8, 4) is 0 Å². The van der Waals surface area contributed by atoms with Crippen molar-refractivity contribution in [2.75, 3.05) is 12.4 Å². The molecule has 1 heterocycles. The molecule has 17 heavy (non-hydrogen) atoms. The van der Waals surface area contributed by atoms with E-state index in [2.05, 4.69) is 17.2 Å². The number of hydrogen-bond donors (Lipinski definition) is 3. The Labute approximate surface area is 134 Å². The Morgan fingerprint density at radius 3 is 2.88 bits per heavy atom. The molecule has 0 saturated heterocycles. The van der Waals surface area contributed by atoms with Crippen molar-refractivity contribution in [3.63, 3.8) is 0 Å². The van der Waals surface area contributed by atoms with Gasteiger partial charge < -0.3 is 0 Å². The number of nitrogens with one attached hydrogen (secondary N) is 3. The molecule has 2 rings (SSSR count). The van der Waals surface area contributed by atoms with Crippen LogP contribution in [-0.4, -0.2) is 16.4 Å². The van der Waals surface area contributed by atoms with Crippen LogP contribution in [0.2, 0.25) is 0 Å². The minimum atomic E-state index is 0.268. The van der Waals surface area contributed by atoms with E-state index >= 15 is 0 Å². The molecule has 0 fully saturated rings. The molecule has 0 bridgehead atoms. The topological polar surface area (TPSA) is 60.8 Å². The zero-order chi connectivity index (χ0) is 12.3. The fourth-order valence-corrected chi connectivity index (χ4v) is 2.89. The van der Waals surface area contributed by atoms with Crippen LogP contribution in [-0.2, 0) is 0 Å². The second-order valence-corrected chi connectivity index (χ2v) is 6.38. The minimum absolute atomic E-state index is 0.268. The average molecular weight is 458 g/mol. The molecule has 0 spiro atoms. The first-order valence-corrected chi connectivity index (χ1v) is 10.5. The van der Waals surface area contributed by atoms with E-state index in [9.17, 15) is 0 Å². The van der Waals surface area contributed by atoms with E-state index < -0.39 is 0 Å². The summed E-state index contributed by atoms with van der Waals surface area (Å²) in [5.74, 6) is 0.959. The van der Waals surface area contributed by atoms with Gasteiger partial charge in [0.05, 0.1) is 0 Å². The van der Waals surface area contributed by atoms with Crippen LogP contribution in [0.25, 0.3) is 10.9 Å². The van der Waals surface area contributed by atoms with Crippen LogP contribution in [0.15, 0.2) is 30.3 Å². The molecule has 1 aromatic heterocycles. The quantitative estimate of drug-likeness (QED) is 0.479. The summed E-state index contributed by atoms with van der Waals surface area (Å²) in [4.78, 5) is 4.49. The summed E-state index contributed by atoms with van der Waals surface area (Å²) >= 11 is 1.65. The van der Waals surface area contributed by atoms with Crippen molar-refractivity contribution in [2.24, 2.45) is 0 Å². The van der Waals surface area contributed by atoms with Gasteiger partial charge >= 0.3 is 136 Å². The van der Waals surface area contributed by atoms with Crippen molar-refractivity contribution < 1.29 is 43.2 Å². The van der Waals surface area contributed by atoms with Gasteiger partial charge in [-0.1, -0.05) is 0 Å². The molecule has 0 aliphatic carbocycles. The third-order valence-electron chi connectivity index (χ3n) is 2.41. The second kappa shape index (κ2) is 6.05. The van der Waals surface area contributed by atoms with E-state index in [1.807, 2.05) is 30.5 Å². The van der Waals surface area contributed by atoms with Gasteiger partial charge in [0, 0.05) is 0 Å². The monoisotopic (exact) mass is 458 g/mol. The maximum atomic E-state index is 7.58. The Morgan fingerprint density at radius 2 is 2.18 bits per heavy atom. The van der Waals surface area contributed by atoms with Crippen LogP contribution >= 0.6 is 11.8 Å². The van der Waals surface area contributed by atoms with Gasteiger partial charge in [-0.2, -0.15) is 0 Å². The number of rotatable bonds is 2. The van der Waals surface area contributed by atoms with Gasteiger partial charge in [0.1, 0.15) is 0 Å². The Bertz CT molecular complexity index is 558. The van der Waals surface area contributed by atoms with Crippen LogP contribution < -0.4 is 6.17 Å². The molecule has 0 amide bonds. The molecule has 1 aromatic carbocycles. The first-order chi connectivity index (χ1) is 8.22. The van der Waals surface area contributed by atoms with Crippen LogP contribution in [0.3, 0.4) is 0 Å². The summed E-state index contributed by atoms with van der Waals surface area (Å²) < 4.78 is 3.24. The number of aromatic nitrogens is 1. The number of nitrogens with zero attached hydrogens (tertiary/aromatic N) is 1. The van der Waals surface area contributed by atoms with E-state index in [1.54, 1.807) is 0 Å². The summed E-state index contributed by atoms with van der Waals surface area (Å²) in [6.45, 7) is 0. The Hall–Kier alpha value is -0.282. The van der Waals surface area contributed by atoms with Gasteiger partial charge in [0.15, 0.2) is 0 Å². The summed E-state index contributed by atoms with van der Waals surface area (Å²) in [6.07, 6.45) is 1.88. The van der Waals surface area contributed by atoms with Crippen LogP contribution in [0.1, 0.15) is 0 Å². The summed E-state index contributed by atoms with van der Waals surface area (Å²) in [5.41, 5.74) is 1.91. The molecule has 0 unspecified atom stereocenters. The van der Waals surface area contributed by atoms with E-state index in [-0.39, 0.29) is 43.2 Å². The van der Waals surface area contributed by atoms with Gasteiger partial charge in [-0.25, -0.2) is 0 Å². The number of anilines is 2.